The van der Waals surface area contributed by atoms with Gasteiger partial charge >= 0.3 is 0 Å². The van der Waals surface area contributed by atoms with Crippen molar-refractivity contribution in [2.24, 2.45) is 0 Å². The number of allylic oxidation sites excluding steroid dienone is 1. The fraction of sp³-hybridized carbons (Fsp3) is 0.100. The Hall–Kier alpha value is -1.97. The van der Waals surface area contributed by atoms with Gasteiger partial charge in [-0.1, -0.05) is 12.1 Å². The van der Waals surface area contributed by atoms with Crippen LogP contribution in [0.1, 0.15) is 12.5 Å². The van der Waals surface area contributed by atoms with Crippen LogP contribution in [0.2, 0.25) is 0 Å². The van der Waals surface area contributed by atoms with Crippen LogP contribution in [0, 0.1) is 10.1 Å². The number of rotatable bonds is 3. The lowest BCUT2D eigenvalue weighted by Gasteiger charge is -1.96. The van der Waals surface area contributed by atoms with E-state index in [4.69, 9.17) is 0 Å². The van der Waals surface area contributed by atoms with E-state index >= 15 is 0 Å². The van der Waals surface area contributed by atoms with Crippen molar-refractivity contribution in [1.82, 2.24) is 0 Å². The topological polar surface area (TPSA) is 60.2 Å². The van der Waals surface area contributed by atoms with Crippen LogP contribution in [0.4, 0.5) is 5.69 Å². The summed E-state index contributed by atoms with van der Waals surface area (Å²) in [5.41, 5.74) is 0.912. The van der Waals surface area contributed by atoms with Crippen molar-refractivity contribution in [2.75, 3.05) is 0 Å². The highest BCUT2D eigenvalue weighted by molar-refractivity contribution is 5.82. The van der Waals surface area contributed by atoms with E-state index < -0.39 is 4.92 Å². The molecular formula is C10H9NO3. The predicted molar refractivity (Wildman–Crippen MR) is 52.8 cm³/mol. The van der Waals surface area contributed by atoms with Crippen molar-refractivity contribution in [1.29, 1.82) is 0 Å². The van der Waals surface area contributed by atoms with Crippen molar-refractivity contribution < 1.29 is 9.72 Å². The molecule has 0 aliphatic carbocycles. The summed E-state index contributed by atoms with van der Waals surface area (Å²) in [5, 5.41) is 10.6. The first kappa shape index (κ1) is 10.1. The minimum atomic E-state index is -0.468. The number of carbonyl (C=O) groups is 1. The smallest absolute Gasteiger partial charge is 0.276 e. The Bertz CT molecular complexity index is 396. The fourth-order valence-electron chi connectivity index (χ4n) is 1.06. The highest BCUT2D eigenvalue weighted by Gasteiger charge is 2.09. The molecule has 4 nitrogen and oxygen atoms in total. The minimum absolute atomic E-state index is 0.00806. The van der Waals surface area contributed by atoms with Crippen LogP contribution in [0.25, 0.3) is 6.08 Å². The van der Waals surface area contributed by atoms with E-state index in [1.807, 2.05) is 0 Å². The summed E-state index contributed by atoms with van der Waals surface area (Å²) in [4.78, 5) is 20.5. The molecule has 14 heavy (non-hydrogen) atoms. The molecule has 0 fully saturated rings. The van der Waals surface area contributed by atoms with Crippen LogP contribution in [0.3, 0.4) is 0 Å². The second-order valence-electron chi connectivity index (χ2n) is 2.82. The largest absolute Gasteiger partial charge is 0.298 e. The molecule has 1 aromatic rings. The van der Waals surface area contributed by atoms with Gasteiger partial charge in [0.1, 0.15) is 6.29 Å². The zero-order valence-corrected chi connectivity index (χ0v) is 7.64. The highest BCUT2D eigenvalue weighted by Crippen LogP contribution is 2.19. The van der Waals surface area contributed by atoms with E-state index in [1.165, 1.54) is 12.1 Å². The lowest BCUT2D eigenvalue weighted by molar-refractivity contribution is -0.385. The van der Waals surface area contributed by atoms with Gasteiger partial charge in [0, 0.05) is 6.07 Å². The third-order valence-electron chi connectivity index (χ3n) is 1.70. The van der Waals surface area contributed by atoms with E-state index in [-0.39, 0.29) is 5.69 Å². The van der Waals surface area contributed by atoms with Gasteiger partial charge in [-0.25, -0.2) is 0 Å². The normalized spacial score (nSPS) is 11.1. The highest BCUT2D eigenvalue weighted by atomic mass is 16.6. The lowest BCUT2D eigenvalue weighted by Crippen LogP contribution is -1.91. The maximum atomic E-state index is 10.6. The molecule has 0 heterocycles. The monoisotopic (exact) mass is 191 g/mol. The van der Waals surface area contributed by atoms with E-state index in [0.29, 0.717) is 17.4 Å². The average molecular weight is 191 g/mol. The summed E-state index contributed by atoms with van der Waals surface area (Å²) in [7, 11) is 0. The van der Waals surface area contributed by atoms with Crippen molar-refractivity contribution >= 4 is 18.0 Å². The molecule has 0 saturated heterocycles. The first-order valence-corrected chi connectivity index (χ1v) is 4.02. The van der Waals surface area contributed by atoms with Crippen LogP contribution in [0.15, 0.2) is 29.8 Å². The third kappa shape index (κ3) is 2.26. The molecule has 0 atom stereocenters. The molecule has 0 aliphatic rings. The first-order valence-electron chi connectivity index (χ1n) is 4.02. The molecule has 1 aromatic carbocycles. The van der Waals surface area contributed by atoms with Crippen molar-refractivity contribution in [3.05, 3.63) is 45.5 Å². The van der Waals surface area contributed by atoms with E-state index in [2.05, 4.69) is 0 Å². The Morgan fingerprint density at radius 1 is 1.43 bits per heavy atom. The van der Waals surface area contributed by atoms with Gasteiger partial charge in [-0.05, 0) is 24.6 Å². The van der Waals surface area contributed by atoms with Crippen LogP contribution in [0.5, 0.6) is 0 Å². The lowest BCUT2D eigenvalue weighted by atomic mass is 10.1. The number of nitro benzene ring substituents is 1. The molecule has 72 valence electrons. The standard InChI is InChI=1S/C10H9NO3/c1-8(7-12)6-9-4-2-3-5-10(9)11(13)14/h2-7H,1H3. The Morgan fingerprint density at radius 2 is 2.07 bits per heavy atom. The number of aldehydes is 1. The van der Waals surface area contributed by atoms with E-state index in [1.54, 1.807) is 25.1 Å². The van der Waals surface area contributed by atoms with Crippen molar-refractivity contribution in [2.45, 2.75) is 6.92 Å². The Kier molecular flexibility index (Phi) is 3.12. The van der Waals surface area contributed by atoms with Crippen LogP contribution in [-0.2, 0) is 4.79 Å². The molecule has 0 bridgehead atoms. The van der Waals surface area contributed by atoms with Crippen molar-refractivity contribution in [3.8, 4) is 0 Å². The second kappa shape index (κ2) is 4.32. The number of nitro groups is 1. The number of benzene rings is 1. The van der Waals surface area contributed by atoms with Gasteiger partial charge in [-0.3, -0.25) is 14.9 Å². The van der Waals surface area contributed by atoms with Crippen LogP contribution < -0.4 is 0 Å². The molecule has 0 radical (unpaired) electrons. The molecule has 4 heteroatoms. The molecular weight excluding hydrogens is 182 g/mol. The van der Waals surface area contributed by atoms with Gasteiger partial charge in [0.05, 0.1) is 10.5 Å². The first-order chi connectivity index (χ1) is 6.65. The number of hydrogen-bond donors (Lipinski definition) is 0. The van der Waals surface area contributed by atoms with Crippen LogP contribution in [-0.4, -0.2) is 11.2 Å². The second-order valence-corrected chi connectivity index (χ2v) is 2.82. The van der Waals surface area contributed by atoms with Gasteiger partial charge in [0.15, 0.2) is 0 Å². The maximum absolute atomic E-state index is 10.6. The summed E-state index contributed by atoms with van der Waals surface area (Å²) < 4.78 is 0. The van der Waals surface area contributed by atoms with E-state index in [0.717, 1.165) is 0 Å². The molecule has 0 amide bonds. The average Bonchev–Trinajstić information content (AvgIpc) is 2.18. The zero-order valence-electron chi connectivity index (χ0n) is 7.64. The molecule has 0 saturated carbocycles. The zero-order chi connectivity index (χ0) is 10.6. The number of hydrogen-bond acceptors (Lipinski definition) is 3. The molecule has 0 unspecified atom stereocenters. The van der Waals surface area contributed by atoms with Crippen LogP contribution >= 0.6 is 0 Å². The number of nitrogens with zero attached hydrogens (tertiary/aromatic N) is 1. The minimum Gasteiger partial charge on any atom is -0.298 e. The van der Waals surface area contributed by atoms with Gasteiger partial charge < -0.3 is 0 Å². The number of para-hydroxylation sites is 1. The quantitative estimate of drug-likeness (QED) is 0.318. The maximum Gasteiger partial charge on any atom is 0.276 e. The molecule has 0 spiro atoms. The summed E-state index contributed by atoms with van der Waals surface area (Å²) in [6.45, 7) is 1.60. The molecule has 0 aromatic heterocycles. The summed E-state index contributed by atoms with van der Waals surface area (Å²) in [6.07, 6.45) is 2.15. The molecule has 0 aliphatic heterocycles. The van der Waals surface area contributed by atoms with E-state index in [9.17, 15) is 14.9 Å². The fourth-order valence-corrected chi connectivity index (χ4v) is 1.06. The third-order valence-corrected chi connectivity index (χ3v) is 1.70. The molecule has 1 rings (SSSR count). The van der Waals surface area contributed by atoms with Crippen molar-refractivity contribution in [3.63, 3.8) is 0 Å². The Balaban J connectivity index is 3.20. The van der Waals surface area contributed by atoms with Gasteiger partial charge in [-0.15, -0.1) is 0 Å². The predicted octanol–water partition coefficient (Wildman–Crippen LogP) is 2.20. The summed E-state index contributed by atoms with van der Waals surface area (Å²) in [5.74, 6) is 0. The Morgan fingerprint density at radius 3 is 2.64 bits per heavy atom. The van der Waals surface area contributed by atoms with Gasteiger partial charge in [0.2, 0.25) is 0 Å². The van der Waals surface area contributed by atoms with Gasteiger partial charge in [-0.2, -0.15) is 0 Å². The SMILES string of the molecule is CC(C=O)=Cc1ccccc1[N+](=O)[O-]. The van der Waals surface area contributed by atoms with Gasteiger partial charge in [0.25, 0.3) is 5.69 Å². The summed E-state index contributed by atoms with van der Waals surface area (Å²) in [6, 6.07) is 6.29. The molecule has 0 N–H and O–H groups in total. The number of carbonyl (C=O) groups excluding carboxylic acids is 1. The Labute approximate surface area is 81.0 Å². The summed E-state index contributed by atoms with van der Waals surface area (Å²) >= 11 is 0.